The number of pyridine rings is 1. The second-order valence-electron chi connectivity index (χ2n) is 6.09. The maximum absolute atomic E-state index is 13.5. The molecule has 3 atom stereocenters. The fraction of sp³-hybridized carbons (Fsp3) is 0.533. The van der Waals surface area contributed by atoms with Crippen LogP contribution in [0.25, 0.3) is 0 Å². The predicted molar refractivity (Wildman–Crippen MR) is 82.2 cm³/mol. The van der Waals surface area contributed by atoms with Crippen molar-refractivity contribution in [3.63, 3.8) is 0 Å². The van der Waals surface area contributed by atoms with Gasteiger partial charge in [-0.2, -0.15) is 13.2 Å². The SMILES string of the molecule is CO/N=C(\N)c1cc(C2(C(N)=O)CC(C)C(C)(C(F)(F)F)O2)ccn1. The minimum Gasteiger partial charge on any atom is -0.397 e. The fourth-order valence-electron chi connectivity index (χ4n) is 2.90. The van der Waals surface area contributed by atoms with E-state index in [1.54, 1.807) is 0 Å². The van der Waals surface area contributed by atoms with Crippen LogP contribution in [-0.4, -0.2) is 35.6 Å². The number of ether oxygens (including phenoxy) is 1. The number of aromatic nitrogens is 1. The normalized spacial score (nSPS) is 30.3. The molecule has 1 fully saturated rings. The topological polar surface area (TPSA) is 113 Å². The van der Waals surface area contributed by atoms with Crippen LogP contribution in [0.3, 0.4) is 0 Å². The van der Waals surface area contributed by atoms with Gasteiger partial charge >= 0.3 is 6.18 Å². The molecule has 4 N–H and O–H groups in total. The predicted octanol–water partition coefficient (Wildman–Crippen LogP) is 1.41. The van der Waals surface area contributed by atoms with E-state index in [1.165, 1.54) is 32.4 Å². The molecule has 0 aliphatic carbocycles. The van der Waals surface area contributed by atoms with E-state index in [0.717, 1.165) is 6.92 Å². The Morgan fingerprint density at radius 3 is 2.60 bits per heavy atom. The van der Waals surface area contributed by atoms with Crippen molar-refractivity contribution in [2.24, 2.45) is 22.5 Å². The Morgan fingerprint density at radius 2 is 2.12 bits per heavy atom. The molecule has 0 saturated carbocycles. The average molecular weight is 360 g/mol. The summed E-state index contributed by atoms with van der Waals surface area (Å²) in [6, 6.07) is 2.68. The summed E-state index contributed by atoms with van der Waals surface area (Å²) < 4.78 is 45.8. The third kappa shape index (κ3) is 3.01. The molecule has 0 spiro atoms. The molecule has 3 unspecified atom stereocenters. The average Bonchev–Trinajstić information content (AvgIpc) is 2.82. The van der Waals surface area contributed by atoms with Gasteiger partial charge in [0.15, 0.2) is 17.0 Å². The zero-order chi connectivity index (χ0) is 19.0. The Balaban J connectivity index is 2.56. The zero-order valence-electron chi connectivity index (χ0n) is 13.9. The summed E-state index contributed by atoms with van der Waals surface area (Å²) in [6.45, 7) is 2.27. The highest BCUT2D eigenvalue weighted by Gasteiger charge is 2.66. The smallest absolute Gasteiger partial charge is 0.397 e. The quantitative estimate of drug-likeness (QED) is 0.479. The van der Waals surface area contributed by atoms with Gasteiger partial charge in [0, 0.05) is 6.20 Å². The van der Waals surface area contributed by atoms with Gasteiger partial charge in [0.05, 0.1) is 0 Å². The molecule has 1 aliphatic rings. The molecule has 1 saturated heterocycles. The van der Waals surface area contributed by atoms with Crippen LogP contribution >= 0.6 is 0 Å². The standard InChI is InChI=1S/C15H19F3N4O3/c1-8-7-14(12(20)23,25-13(8,2)15(16,17)18)9-4-5-21-10(6-9)11(19)22-24-3/h4-6,8H,7H2,1-3H3,(H2,19,22)(H2,20,23). The van der Waals surface area contributed by atoms with Crippen molar-refractivity contribution < 1.29 is 27.5 Å². The Bertz CT molecular complexity index is 710. The number of amides is 1. The van der Waals surface area contributed by atoms with E-state index in [9.17, 15) is 18.0 Å². The number of primary amides is 1. The maximum Gasteiger partial charge on any atom is 0.417 e. The molecule has 138 valence electrons. The number of carbonyl (C=O) groups is 1. The van der Waals surface area contributed by atoms with Gasteiger partial charge in [-0.25, -0.2) is 0 Å². The second-order valence-corrected chi connectivity index (χ2v) is 6.09. The molecule has 0 aromatic carbocycles. The lowest BCUT2D eigenvalue weighted by Crippen LogP contribution is -2.49. The first kappa shape index (κ1) is 19.0. The number of alkyl halides is 3. The number of oxime groups is 1. The highest BCUT2D eigenvalue weighted by molar-refractivity contribution is 5.96. The van der Waals surface area contributed by atoms with Crippen molar-refractivity contribution in [2.45, 2.75) is 37.6 Å². The lowest BCUT2D eigenvalue weighted by molar-refractivity contribution is -0.285. The number of hydrogen-bond donors (Lipinski definition) is 2. The molecule has 10 heteroatoms. The lowest BCUT2D eigenvalue weighted by Gasteiger charge is -2.33. The summed E-state index contributed by atoms with van der Waals surface area (Å²) in [5, 5.41) is 3.51. The molecule has 2 heterocycles. The maximum atomic E-state index is 13.5. The van der Waals surface area contributed by atoms with Gasteiger partial charge in [0.25, 0.3) is 5.91 Å². The van der Waals surface area contributed by atoms with Gasteiger partial charge in [-0.05, 0) is 37.0 Å². The molecule has 25 heavy (non-hydrogen) atoms. The highest BCUT2D eigenvalue weighted by Crippen LogP contribution is 2.54. The van der Waals surface area contributed by atoms with Gasteiger partial charge in [-0.15, -0.1) is 0 Å². The number of amidine groups is 1. The molecular weight excluding hydrogens is 341 g/mol. The monoisotopic (exact) mass is 360 g/mol. The first-order valence-corrected chi connectivity index (χ1v) is 7.38. The van der Waals surface area contributed by atoms with Gasteiger partial charge in [-0.3, -0.25) is 9.78 Å². The molecule has 1 aromatic heterocycles. The van der Waals surface area contributed by atoms with Gasteiger partial charge in [0.1, 0.15) is 12.8 Å². The summed E-state index contributed by atoms with van der Waals surface area (Å²) >= 11 is 0. The summed E-state index contributed by atoms with van der Waals surface area (Å²) in [6.07, 6.45) is -3.62. The molecule has 1 amide bonds. The Kier molecular flexibility index (Phi) is 4.69. The summed E-state index contributed by atoms with van der Waals surface area (Å²) in [4.78, 5) is 20.6. The Hall–Kier alpha value is -2.36. The van der Waals surface area contributed by atoms with Gasteiger partial charge in [0.2, 0.25) is 0 Å². The summed E-state index contributed by atoms with van der Waals surface area (Å²) in [7, 11) is 1.28. The van der Waals surface area contributed by atoms with Crippen molar-refractivity contribution in [1.82, 2.24) is 4.98 Å². The van der Waals surface area contributed by atoms with Crippen LogP contribution in [-0.2, 0) is 20.0 Å². The first-order valence-electron chi connectivity index (χ1n) is 7.38. The number of rotatable bonds is 4. The van der Waals surface area contributed by atoms with Crippen LogP contribution in [0.5, 0.6) is 0 Å². The van der Waals surface area contributed by atoms with Crippen LogP contribution in [0.4, 0.5) is 13.2 Å². The number of halogens is 3. The Labute approximate surface area is 142 Å². The van der Waals surface area contributed by atoms with E-state index >= 15 is 0 Å². The third-order valence-electron chi connectivity index (χ3n) is 4.56. The van der Waals surface area contributed by atoms with Gasteiger partial charge in [-0.1, -0.05) is 12.1 Å². The molecule has 0 bridgehead atoms. The van der Waals surface area contributed by atoms with Crippen molar-refractivity contribution >= 4 is 11.7 Å². The Morgan fingerprint density at radius 1 is 1.48 bits per heavy atom. The van der Waals surface area contributed by atoms with Crippen molar-refractivity contribution in [2.75, 3.05) is 7.11 Å². The number of nitrogens with two attached hydrogens (primary N) is 2. The van der Waals surface area contributed by atoms with Crippen LogP contribution in [0.15, 0.2) is 23.5 Å². The molecule has 0 radical (unpaired) electrons. The molecule has 2 rings (SSSR count). The lowest BCUT2D eigenvalue weighted by atomic mass is 9.83. The zero-order valence-corrected chi connectivity index (χ0v) is 13.9. The van der Waals surface area contributed by atoms with Crippen LogP contribution in [0, 0.1) is 5.92 Å². The van der Waals surface area contributed by atoms with Crippen molar-refractivity contribution in [1.29, 1.82) is 0 Å². The summed E-state index contributed by atoms with van der Waals surface area (Å²) in [5.41, 5.74) is 6.89. The van der Waals surface area contributed by atoms with E-state index in [-0.39, 0.29) is 23.5 Å². The van der Waals surface area contributed by atoms with Crippen LogP contribution in [0.1, 0.15) is 31.5 Å². The summed E-state index contributed by atoms with van der Waals surface area (Å²) in [5.74, 6) is -2.12. The molecule has 7 nitrogen and oxygen atoms in total. The van der Waals surface area contributed by atoms with E-state index in [2.05, 4.69) is 15.0 Å². The molecule has 1 aliphatic heterocycles. The van der Waals surface area contributed by atoms with E-state index in [4.69, 9.17) is 16.2 Å². The number of hydrogen-bond acceptors (Lipinski definition) is 5. The highest BCUT2D eigenvalue weighted by atomic mass is 19.4. The van der Waals surface area contributed by atoms with Crippen LogP contribution < -0.4 is 11.5 Å². The van der Waals surface area contributed by atoms with Crippen molar-refractivity contribution in [3.8, 4) is 0 Å². The van der Waals surface area contributed by atoms with E-state index in [1.807, 2.05) is 0 Å². The van der Waals surface area contributed by atoms with Gasteiger partial charge < -0.3 is 21.0 Å². The minimum absolute atomic E-state index is 0.103. The largest absolute Gasteiger partial charge is 0.417 e. The van der Waals surface area contributed by atoms with Crippen molar-refractivity contribution in [3.05, 3.63) is 29.6 Å². The minimum atomic E-state index is -4.67. The number of nitrogens with zero attached hydrogens (tertiary/aromatic N) is 2. The van der Waals surface area contributed by atoms with E-state index in [0.29, 0.717) is 0 Å². The number of carbonyl (C=O) groups excluding carboxylic acids is 1. The molecular formula is C15H19F3N4O3. The second kappa shape index (κ2) is 6.17. The third-order valence-corrected chi connectivity index (χ3v) is 4.56. The van der Waals surface area contributed by atoms with Crippen LogP contribution in [0.2, 0.25) is 0 Å². The first-order chi connectivity index (χ1) is 11.5. The molecule has 1 aromatic rings. The van der Waals surface area contributed by atoms with E-state index < -0.39 is 29.2 Å². The fourth-order valence-corrected chi connectivity index (χ4v) is 2.90.